The summed E-state index contributed by atoms with van der Waals surface area (Å²) in [5.41, 5.74) is 1.51. The van der Waals surface area contributed by atoms with Gasteiger partial charge >= 0.3 is 5.97 Å². The monoisotopic (exact) mass is 408 g/mol. The lowest BCUT2D eigenvalue weighted by atomic mass is 10.2. The quantitative estimate of drug-likeness (QED) is 0.536. The van der Waals surface area contributed by atoms with Crippen molar-refractivity contribution in [1.82, 2.24) is 4.90 Å². The van der Waals surface area contributed by atoms with E-state index in [0.717, 1.165) is 11.3 Å². The summed E-state index contributed by atoms with van der Waals surface area (Å²) in [6.07, 6.45) is 3.49. The molecule has 1 aliphatic rings. The average molecular weight is 408 g/mol. The molecule has 7 heteroatoms. The smallest absolute Gasteiger partial charge is 0.335 e. The van der Waals surface area contributed by atoms with Gasteiger partial charge in [-0.05, 0) is 60.7 Å². The molecule has 2 aromatic carbocycles. The van der Waals surface area contributed by atoms with E-state index in [9.17, 15) is 9.59 Å². The van der Waals surface area contributed by atoms with E-state index in [1.807, 2.05) is 37.3 Å². The van der Waals surface area contributed by atoms with Crippen molar-refractivity contribution in [2.75, 3.05) is 13.2 Å². The molecule has 0 saturated carbocycles. The second-order valence-corrected chi connectivity index (χ2v) is 7.09. The number of aromatic carboxylic acids is 1. The van der Waals surface area contributed by atoms with Crippen LogP contribution in [0, 0.1) is 0 Å². The minimum absolute atomic E-state index is 0.127. The van der Waals surface area contributed by atoms with Crippen LogP contribution in [0.3, 0.4) is 0 Å². The minimum atomic E-state index is -1.02. The first-order valence-corrected chi connectivity index (χ1v) is 9.80. The van der Waals surface area contributed by atoms with Crippen molar-refractivity contribution in [1.29, 1.82) is 0 Å². The first-order valence-electron chi connectivity index (χ1n) is 8.99. The molecule has 0 bridgehead atoms. The van der Waals surface area contributed by atoms with E-state index in [1.54, 1.807) is 23.1 Å². The van der Waals surface area contributed by atoms with E-state index in [-0.39, 0.29) is 11.5 Å². The number of carboxylic acid groups (broad SMARTS) is 1. The summed E-state index contributed by atoms with van der Waals surface area (Å²) in [6.45, 7) is 6.39. The Morgan fingerprint density at radius 2 is 2.03 bits per heavy atom. The summed E-state index contributed by atoms with van der Waals surface area (Å²) in [4.78, 5) is 30.5. The number of amidine groups is 1. The number of carbonyl (C=O) groups is 2. The number of benzene rings is 2. The molecule has 29 heavy (non-hydrogen) atoms. The Labute approximate surface area is 173 Å². The minimum Gasteiger partial charge on any atom is -0.490 e. The summed E-state index contributed by atoms with van der Waals surface area (Å²) in [6, 6.07) is 13.8. The number of hydrogen-bond donors (Lipinski definition) is 1. The zero-order valence-corrected chi connectivity index (χ0v) is 16.7. The van der Waals surface area contributed by atoms with Crippen molar-refractivity contribution >= 4 is 40.6 Å². The lowest BCUT2D eigenvalue weighted by Crippen LogP contribution is -2.28. The van der Waals surface area contributed by atoms with Gasteiger partial charge in [0.15, 0.2) is 5.17 Å². The molecule has 1 saturated heterocycles. The molecule has 1 N–H and O–H groups in total. The molecular formula is C22H20N2O4S. The summed E-state index contributed by atoms with van der Waals surface area (Å²) < 4.78 is 5.47. The second-order valence-electron chi connectivity index (χ2n) is 6.08. The van der Waals surface area contributed by atoms with Gasteiger partial charge in [0.25, 0.3) is 5.91 Å². The number of nitrogens with zero attached hydrogens (tertiary/aromatic N) is 2. The number of aliphatic imine (C=N–C) groups is 1. The summed E-state index contributed by atoms with van der Waals surface area (Å²) in [7, 11) is 0. The highest BCUT2D eigenvalue weighted by atomic mass is 32.2. The molecule has 1 fully saturated rings. The fourth-order valence-electron chi connectivity index (χ4n) is 2.66. The maximum absolute atomic E-state index is 12.8. The molecule has 6 nitrogen and oxygen atoms in total. The average Bonchev–Trinajstić information content (AvgIpc) is 3.01. The summed E-state index contributed by atoms with van der Waals surface area (Å²) in [5.74, 6) is -0.415. The molecule has 1 amide bonds. The maximum Gasteiger partial charge on any atom is 0.335 e. The third-order valence-electron chi connectivity index (χ3n) is 4.07. The van der Waals surface area contributed by atoms with E-state index < -0.39 is 5.97 Å². The van der Waals surface area contributed by atoms with Crippen LogP contribution in [0.2, 0.25) is 0 Å². The number of amides is 1. The van der Waals surface area contributed by atoms with Crippen molar-refractivity contribution in [3.05, 3.63) is 77.2 Å². The van der Waals surface area contributed by atoms with Crippen LogP contribution < -0.4 is 4.74 Å². The fraction of sp³-hybridized carbons (Fsp3) is 0.136. The Bertz CT molecular complexity index is 996. The number of likely N-dealkylation sites (N-methyl/N-ethyl adjacent to an activating group) is 1. The number of carbonyl (C=O) groups excluding carboxylic acids is 1. The van der Waals surface area contributed by atoms with Gasteiger partial charge in [0.05, 0.1) is 16.2 Å². The molecule has 0 aliphatic carbocycles. The van der Waals surface area contributed by atoms with E-state index in [1.165, 1.54) is 23.9 Å². The van der Waals surface area contributed by atoms with Crippen LogP contribution in [0.15, 0.2) is 71.1 Å². The van der Waals surface area contributed by atoms with Gasteiger partial charge in [-0.1, -0.05) is 30.9 Å². The molecule has 0 unspecified atom stereocenters. The molecule has 1 aliphatic heterocycles. The molecule has 0 spiro atoms. The van der Waals surface area contributed by atoms with E-state index in [4.69, 9.17) is 9.84 Å². The highest BCUT2D eigenvalue weighted by Gasteiger charge is 2.32. The van der Waals surface area contributed by atoms with Gasteiger partial charge in [0, 0.05) is 6.54 Å². The Kier molecular flexibility index (Phi) is 6.51. The second kappa shape index (κ2) is 9.25. The van der Waals surface area contributed by atoms with Crippen LogP contribution >= 0.6 is 11.8 Å². The highest BCUT2D eigenvalue weighted by Crippen LogP contribution is 2.34. The standard InChI is InChI=1S/C22H20N2O4S/c1-3-12-28-18-10-8-15(9-11-18)13-19-20(25)24(4-2)22(29-19)23-17-7-5-6-16(14-17)21(26)27/h3,5-11,13-14H,1,4,12H2,2H3,(H,26,27)/b19-13-,23-22?. The zero-order chi connectivity index (χ0) is 20.8. The van der Waals surface area contributed by atoms with Gasteiger partial charge in [0.1, 0.15) is 12.4 Å². The van der Waals surface area contributed by atoms with E-state index >= 15 is 0 Å². The third-order valence-corrected chi connectivity index (χ3v) is 5.07. The van der Waals surface area contributed by atoms with Gasteiger partial charge in [-0.3, -0.25) is 9.69 Å². The topological polar surface area (TPSA) is 79.2 Å². The first-order chi connectivity index (χ1) is 14.0. The van der Waals surface area contributed by atoms with Crippen LogP contribution in [0.4, 0.5) is 5.69 Å². The Balaban J connectivity index is 1.85. The Morgan fingerprint density at radius 1 is 1.28 bits per heavy atom. The number of carboxylic acids is 1. The van der Waals surface area contributed by atoms with Crippen molar-refractivity contribution in [3.63, 3.8) is 0 Å². The molecular weight excluding hydrogens is 388 g/mol. The number of ether oxygens (including phenoxy) is 1. The lowest BCUT2D eigenvalue weighted by molar-refractivity contribution is -0.122. The molecule has 0 radical (unpaired) electrons. The SMILES string of the molecule is C=CCOc1ccc(/C=C2\SC(=Nc3cccc(C(=O)O)c3)N(CC)C2=O)cc1. The van der Waals surface area contributed by atoms with Gasteiger partial charge in [-0.2, -0.15) is 0 Å². The molecule has 148 valence electrons. The largest absolute Gasteiger partial charge is 0.490 e. The van der Waals surface area contributed by atoms with Gasteiger partial charge in [-0.25, -0.2) is 9.79 Å². The predicted octanol–water partition coefficient (Wildman–Crippen LogP) is 4.57. The maximum atomic E-state index is 12.8. The van der Waals surface area contributed by atoms with Crippen molar-refractivity contribution in [2.24, 2.45) is 4.99 Å². The fourth-order valence-corrected chi connectivity index (χ4v) is 3.72. The predicted molar refractivity (Wildman–Crippen MR) is 116 cm³/mol. The molecule has 3 rings (SSSR count). The van der Waals surface area contributed by atoms with Crippen LogP contribution in [-0.2, 0) is 4.79 Å². The number of rotatable bonds is 7. The molecule has 2 aromatic rings. The van der Waals surface area contributed by atoms with Crippen LogP contribution in [0.5, 0.6) is 5.75 Å². The van der Waals surface area contributed by atoms with Crippen molar-refractivity contribution < 1.29 is 19.4 Å². The summed E-state index contributed by atoms with van der Waals surface area (Å²) >= 11 is 1.27. The van der Waals surface area contributed by atoms with Crippen molar-refractivity contribution in [2.45, 2.75) is 6.92 Å². The molecule has 1 heterocycles. The molecule has 0 atom stereocenters. The normalized spacial score (nSPS) is 16.4. The van der Waals surface area contributed by atoms with Gasteiger partial charge in [-0.15, -0.1) is 0 Å². The Hall–Kier alpha value is -3.32. The van der Waals surface area contributed by atoms with Crippen LogP contribution in [0.1, 0.15) is 22.8 Å². The van der Waals surface area contributed by atoms with Gasteiger partial charge in [0.2, 0.25) is 0 Å². The summed E-state index contributed by atoms with van der Waals surface area (Å²) in [5, 5.41) is 9.67. The van der Waals surface area contributed by atoms with Crippen LogP contribution in [-0.4, -0.2) is 40.2 Å². The van der Waals surface area contributed by atoms with Crippen molar-refractivity contribution in [3.8, 4) is 5.75 Å². The van der Waals surface area contributed by atoms with E-state index in [0.29, 0.717) is 28.9 Å². The van der Waals surface area contributed by atoms with Crippen LogP contribution in [0.25, 0.3) is 6.08 Å². The van der Waals surface area contributed by atoms with Gasteiger partial charge < -0.3 is 9.84 Å². The highest BCUT2D eigenvalue weighted by molar-refractivity contribution is 8.18. The first kappa shape index (κ1) is 20.4. The lowest BCUT2D eigenvalue weighted by Gasteiger charge is -2.12. The zero-order valence-electron chi connectivity index (χ0n) is 15.9. The molecule has 0 aromatic heterocycles. The number of thioether (sulfide) groups is 1. The third kappa shape index (κ3) is 4.94. The Morgan fingerprint density at radius 3 is 2.69 bits per heavy atom. The van der Waals surface area contributed by atoms with E-state index in [2.05, 4.69) is 11.6 Å². The number of hydrogen-bond acceptors (Lipinski definition) is 5.